The molecule has 0 spiro atoms. The Morgan fingerprint density at radius 2 is 0.409 bits per heavy atom. The van der Waals surface area contributed by atoms with Crippen molar-refractivity contribution in [2.75, 3.05) is 78.8 Å². The van der Waals surface area contributed by atoms with E-state index < -0.39 is 0 Å². The topological polar surface area (TPSA) is 85.0 Å². The first-order valence-corrected chi connectivity index (χ1v) is 36.1. The van der Waals surface area contributed by atoms with Crippen LogP contribution in [-0.4, -0.2) is 78.8 Å². The Hall–Kier alpha value is -4.08. The molecule has 0 fully saturated rings. The van der Waals surface area contributed by atoms with Gasteiger partial charge in [-0.05, 0) is 218 Å². The van der Waals surface area contributed by atoms with Gasteiger partial charge in [-0.1, -0.05) is 211 Å². The van der Waals surface area contributed by atoms with Gasteiger partial charge >= 0.3 is 0 Å². The quantitative estimate of drug-likeness (QED) is 0.0289. The molecular weight excluding hydrogens is 1080 g/mol. The van der Waals surface area contributed by atoms with Gasteiger partial charge in [0.25, 0.3) is 0 Å². The summed E-state index contributed by atoms with van der Waals surface area (Å²) in [7, 11) is 0. The van der Waals surface area contributed by atoms with Gasteiger partial charge in [0, 0.05) is 25.7 Å². The molecule has 1 aliphatic rings. The van der Waals surface area contributed by atoms with Gasteiger partial charge in [0.15, 0.2) is 0 Å². The Morgan fingerprint density at radius 3 is 0.557 bits per heavy atom. The zero-order chi connectivity index (χ0) is 64.0. The van der Waals surface area contributed by atoms with E-state index in [9.17, 15) is 0 Å². The summed E-state index contributed by atoms with van der Waals surface area (Å²) in [5.41, 5.74) is 14.6. The van der Waals surface area contributed by atoms with Crippen molar-refractivity contribution in [3.05, 3.63) is 115 Å². The third-order valence-corrected chi connectivity index (χ3v) is 17.8. The second kappa shape index (κ2) is 38.7. The SMILES string of the molecule is CCCCCNCCCCOc1c2cc(C(C)(C)C)cc1Cc1cc(C(C)(C)C)cc(c1OCCCCNCCCCC)Cc1cc(C(C)(C)C)cc(c1OCCCCNCCCCC)Cc1cc(C(C)(C)C)cc(c1OCCCCNCCCCC)C2. The molecule has 0 aromatic heterocycles. The number of benzene rings is 4. The molecule has 0 radical (unpaired) electrons. The van der Waals surface area contributed by atoms with Crippen molar-refractivity contribution < 1.29 is 18.9 Å². The predicted octanol–water partition coefficient (Wildman–Crippen LogP) is 19.3. The van der Waals surface area contributed by atoms with Crippen LogP contribution in [0.15, 0.2) is 48.5 Å². The van der Waals surface area contributed by atoms with E-state index in [4.69, 9.17) is 18.9 Å². The van der Waals surface area contributed by atoms with E-state index in [0.717, 1.165) is 127 Å². The van der Waals surface area contributed by atoms with Gasteiger partial charge in [-0.15, -0.1) is 0 Å². The molecule has 1 aliphatic carbocycles. The maximum atomic E-state index is 7.40. The number of hydrogen-bond donors (Lipinski definition) is 4. The van der Waals surface area contributed by atoms with Gasteiger partial charge in [0.2, 0.25) is 0 Å². The van der Waals surface area contributed by atoms with E-state index in [1.165, 1.54) is 144 Å². The maximum Gasteiger partial charge on any atom is 0.126 e. The first kappa shape index (κ1) is 74.6. The summed E-state index contributed by atoms with van der Waals surface area (Å²) in [5, 5.41) is 14.9. The standard InChI is InChI=1S/C80H132N4O4/c1-17-21-25-37-81-41-29-33-45-85-73-61-49-63-55-70(78(8,9)10)57-65(74(63)86-46-34-30-42-82-38-26-22-18-2)51-67-59-72(80(14,15)16)60-68(76(67)88-48-36-32-44-84-40-28-24-20-4)52-66-58-71(79(11,12)13)56-64(50-62(73)54-69(53-61)77(5,6)7)75(66)87-47-35-31-43-83-39-27-23-19-3/h53-60,81-84H,17-52H2,1-16H3. The Bertz CT molecular complexity index is 2160. The second-order valence-electron chi connectivity index (χ2n) is 30.3. The molecule has 0 saturated carbocycles. The molecule has 8 nitrogen and oxygen atoms in total. The first-order chi connectivity index (χ1) is 42.1. The van der Waals surface area contributed by atoms with E-state index in [2.05, 4.69) is 181 Å². The van der Waals surface area contributed by atoms with Gasteiger partial charge in [-0.2, -0.15) is 0 Å². The third kappa shape index (κ3) is 25.9. The van der Waals surface area contributed by atoms with Gasteiger partial charge in [-0.25, -0.2) is 0 Å². The zero-order valence-corrected chi connectivity index (χ0v) is 59.7. The Morgan fingerprint density at radius 1 is 0.250 bits per heavy atom. The number of hydrogen-bond acceptors (Lipinski definition) is 8. The fourth-order valence-electron chi connectivity index (χ4n) is 12.0. The number of unbranched alkanes of at least 4 members (excludes halogenated alkanes) is 12. The average Bonchev–Trinajstić information content (AvgIpc) is 1.06. The van der Waals surface area contributed by atoms with E-state index >= 15 is 0 Å². The molecule has 88 heavy (non-hydrogen) atoms. The third-order valence-electron chi connectivity index (χ3n) is 17.8. The van der Waals surface area contributed by atoms with Crippen LogP contribution < -0.4 is 40.2 Å². The molecule has 0 amide bonds. The highest BCUT2D eigenvalue weighted by molar-refractivity contribution is 5.60. The minimum absolute atomic E-state index is 0.119. The summed E-state index contributed by atoms with van der Waals surface area (Å²) < 4.78 is 29.6. The smallest absolute Gasteiger partial charge is 0.126 e. The van der Waals surface area contributed by atoms with Crippen LogP contribution in [0.4, 0.5) is 0 Å². The van der Waals surface area contributed by atoms with Crippen LogP contribution in [0.2, 0.25) is 0 Å². The lowest BCUT2D eigenvalue weighted by atomic mass is 9.79. The molecule has 0 heterocycles. The molecular formula is C80H132N4O4. The molecule has 4 aromatic rings. The average molecular weight is 1210 g/mol. The van der Waals surface area contributed by atoms with E-state index in [-0.39, 0.29) is 21.7 Å². The van der Waals surface area contributed by atoms with Gasteiger partial charge in [0.1, 0.15) is 23.0 Å². The molecule has 0 aliphatic heterocycles. The van der Waals surface area contributed by atoms with Gasteiger partial charge < -0.3 is 40.2 Å². The van der Waals surface area contributed by atoms with Crippen LogP contribution >= 0.6 is 0 Å². The number of nitrogens with one attached hydrogen (secondary N) is 4. The highest BCUT2D eigenvalue weighted by atomic mass is 16.5. The maximum absolute atomic E-state index is 7.40. The van der Waals surface area contributed by atoms with Gasteiger partial charge in [-0.3, -0.25) is 0 Å². The Labute approximate surface area is 541 Å². The number of rotatable bonds is 40. The summed E-state index contributed by atoms with van der Waals surface area (Å²) in [5.74, 6) is 4.09. The van der Waals surface area contributed by atoms with Crippen LogP contribution in [0.25, 0.3) is 0 Å². The van der Waals surface area contributed by atoms with Crippen LogP contribution in [0.5, 0.6) is 23.0 Å². The summed E-state index contributed by atoms with van der Waals surface area (Å²) in [6.07, 6.45) is 25.9. The molecule has 0 saturated heterocycles. The fourth-order valence-corrected chi connectivity index (χ4v) is 12.0. The lowest BCUT2D eigenvalue weighted by Crippen LogP contribution is -2.19. The van der Waals surface area contributed by atoms with Crippen LogP contribution in [-0.2, 0) is 47.3 Å². The molecule has 496 valence electrons. The van der Waals surface area contributed by atoms with E-state index in [1.807, 2.05) is 0 Å². The minimum atomic E-state index is -0.119. The fraction of sp³-hybridized carbons (Fsp3) is 0.700. The summed E-state index contributed by atoms with van der Waals surface area (Å²) in [6.45, 7) is 48.6. The zero-order valence-electron chi connectivity index (χ0n) is 59.7. The summed E-state index contributed by atoms with van der Waals surface area (Å²) in [6, 6.07) is 19.9. The normalized spacial score (nSPS) is 13.1. The number of fused-ring (bicyclic) bond motifs is 8. The highest BCUT2D eigenvalue weighted by Crippen LogP contribution is 2.45. The van der Waals surface area contributed by atoms with E-state index in [0.29, 0.717) is 52.1 Å². The molecule has 5 rings (SSSR count). The largest absolute Gasteiger partial charge is 0.493 e. The lowest BCUT2D eigenvalue weighted by molar-refractivity contribution is 0.293. The molecule has 8 heteroatoms. The van der Waals surface area contributed by atoms with Crippen LogP contribution in [0.1, 0.15) is 306 Å². The van der Waals surface area contributed by atoms with Crippen molar-refractivity contribution >= 4 is 0 Å². The summed E-state index contributed by atoms with van der Waals surface area (Å²) in [4.78, 5) is 0. The van der Waals surface area contributed by atoms with Crippen molar-refractivity contribution in [1.82, 2.24) is 21.3 Å². The Balaban J connectivity index is 1.82. The second-order valence-corrected chi connectivity index (χ2v) is 30.3. The highest BCUT2D eigenvalue weighted by Gasteiger charge is 2.30. The number of ether oxygens (including phenoxy) is 4. The molecule has 4 N–H and O–H groups in total. The molecule has 4 aromatic carbocycles. The van der Waals surface area contributed by atoms with Crippen molar-refractivity contribution in [2.45, 2.75) is 287 Å². The summed E-state index contributed by atoms with van der Waals surface area (Å²) >= 11 is 0. The van der Waals surface area contributed by atoms with Crippen molar-refractivity contribution in [1.29, 1.82) is 0 Å². The first-order valence-electron chi connectivity index (χ1n) is 36.1. The Kier molecular flexibility index (Phi) is 32.8. The lowest BCUT2D eigenvalue weighted by Gasteiger charge is -2.29. The van der Waals surface area contributed by atoms with Gasteiger partial charge in [0.05, 0.1) is 26.4 Å². The van der Waals surface area contributed by atoms with Crippen LogP contribution in [0.3, 0.4) is 0 Å². The van der Waals surface area contributed by atoms with E-state index in [1.54, 1.807) is 0 Å². The van der Waals surface area contributed by atoms with Crippen molar-refractivity contribution in [3.8, 4) is 23.0 Å². The molecule has 0 atom stereocenters. The molecule has 8 bridgehead atoms. The molecule has 0 unspecified atom stereocenters. The van der Waals surface area contributed by atoms with Crippen molar-refractivity contribution in [3.63, 3.8) is 0 Å². The predicted molar refractivity (Wildman–Crippen MR) is 380 cm³/mol. The monoisotopic (exact) mass is 1210 g/mol. The van der Waals surface area contributed by atoms with Crippen LogP contribution in [0, 0.1) is 0 Å². The van der Waals surface area contributed by atoms with Crippen molar-refractivity contribution in [2.24, 2.45) is 0 Å². The minimum Gasteiger partial charge on any atom is -0.493 e.